The summed E-state index contributed by atoms with van der Waals surface area (Å²) in [7, 11) is 2.15. The minimum Gasteiger partial charge on any atom is -0.338 e. The van der Waals surface area contributed by atoms with Crippen LogP contribution in [-0.2, 0) is 0 Å². The van der Waals surface area contributed by atoms with E-state index in [1.54, 1.807) is 0 Å². The van der Waals surface area contributed by atoms with Crippen LogP contribution in [0.25, 0.3) is 0 Å². The van der Waals surface area contributed by atoms with Crippen molar-refractivity contribution in [3.8, 4) is 0 Å². The van der Waals surface area contributed by atoms with E-state index in [9.17, 15) is 4.79 Å². The summed E-state index contributed by atoms with van der Waals surface area (Å²) in [6.45, 7) is 6.02. The van der Waals surface area contributed by atoms with E-state index in [2.05, 4.69) is 27.9 Å². The average Bonchev–Trinajstić information content (AvgIpc) is 2.87. The number of rotatable bonds is 4. The lowest BCUT2D eigenvalue weighted by molar-refractivity contribution is 0.201. The summed E-state index contributed by atoms with van der Waals surface area (Å²) in [4.78, 5) is 14.0. The molecule has 0 radical (unpaired) electrons. The molecule has 2 amide bonds. The molecule has 0 aliphatic carbocycles. The Morgan fingerprint density at radius 1 is 1.28 bits per heavy atom. The fourth-order valence-electron chi connectivity index (χ4n) is 2.87. The molecule has 2 aliphatic heterocycles. The van der Waals surface area contributed by atoms with Crippen molar-refractivity contribution in [3.63, 3.8) is 0 Å². The van der Waals surface area contributed by atoms with Gasteiger partial charge >= 0.3 is 6.03 Å². The molecule has 2 unspecified atom stereocenters. The highest BCUT2D eigenvalue weighted by atomic mass is 16.2. The highest BCUT2D eigenvalue weighted by Crippen LogP contribution is 2.13. The molecule has 0 aromatic heterocycles. The van der Waals surface area contributed by atoms with Gasteiger partial charge < -0.3 is 20.9 Å². The van der Waals surface area contributed by atoms with E-state index in [1.165, 1.54) is 25.8 Å². The second-order valence-corrected chi connectivity index (χ2v) is 5.72. The van der Waals surface area contributed by atoms with Crippen molar-refractivity contribution in [2.45, 2.75) is 19.3 Å². The second-order valence-electron chi connectivity index (χ2n) is 5.72. The predicted octanol–water partition coefficient (Wildman–Crippen LogP) is 0.237. The van der Waals surface area contributed by atoms with Crippen LogP contribution in [0.5, 0.6) is 0 Å². The molecular weight excluding hydrogens is 228 g/mol. The van der Waals surface area contributed by atoms with Crippen LogP contribution in [0.4, 0.5) is 4.79 Å². The van der Waals surface area contributed by atoms with Gasteiger partial charge in [-0.25, -0.2) is 4.79 Å². The SMILES string of the molecule is CN1CCCC(CNC(=O)NCC2CCNC2)C1. The summed E-state index contributed by atoms with van der Waals surface area (Å²) < 4.78 is 0. The maximum atomic E-state index is 11.7. The zero-order valence-corrected chi connectivity index (χ0v) is 11.4. The maximum Gasteiger partial charge on any atom is 0.314 e. The lowest BCUT2D eigenvalue weighted by Crippen LogP contribution is -2.43. The first-order valence-corrected chi connectivity index (χ1v) is 7.15. The lowest BCUT2D eigenvalue weighted by Gasteiger charge is -2.29. The first-order chi connectivity index (χ1) is 8.74. The quantitative estimate of drug-likeness (QED) is 0.673. The molecule has 0 aromatic carbocycles. The van der Waals surface area contributed by atoms with Gasteiger partial charge in [0.2, 0.25) is 0 Å². The fraction of sp³-hybridized carbons (Fsp3) is 0.923. The largest absolute Gasteiger partial charge is 0.338 e. The van der Waals surface area contributed by atoms with Crippen molar-refractivity contribution in [2.75, 3.05) is 46.3 Å². The number of carbonyl (C=O) groups is 1. The Morgan fingerprint density at radius 3 is 2.72 bits per heavy atom. The van der Waals surface area contributed by atoms with E-state index in [1.807, 2.05) is 0 Å². The zero-order chi connectivity index (χ0) is 12.8. The molecule has 0 aromatic rings. The Hall–Kier alpha value is -0.810. The second kappa shape index (κ2) is 6.95. The molecule has 2 atom stereocenters. The van der Waals surface area contributed by atoms with Gasteiger partial charge in [0.05, 0.1) is 0 Å². The van der Waals surface area contributed by atoms with Crippen molar-refractivity contribution in [2.24, 2.45) is 11.8 Å². The Labute approximate surface area is 110 Å². The monoisotopic (exact) mass is 254 g/mol. The normalized spacial score (nSPS) is 29.2. The molecule has 2 saturated heterocycles. The smallest absolute Gasteiger partial charge is 0.314 e. The first kappa shape index (κ1) is 13.6. The van der Waals surface area contributed by atoms with Gasteiger partial charge in [-0.1, -0.05) is 0 Å². The Bertz CT molecular complexity index is 266. The number of hydrogen-bond acceptors (Lipinski definition) is 3. The standard InChI is InChI=1S/C13H26N4O/c1-17-6-2-3-12(10-17)9-16-13(18)15-8-11-4-5-14-7-11/h11-12,14H,2-10H2,1H3,(H2,15,16,18). The third-order valence-electron chi connectivity index (χ3n) is 3.99. The molecule has 0 bridgehead atoms. The van der Waals surface area contributed by atoms with Crippen LogP contribution in [-0.4, -0.2) is 57.2 Å². The molecule has 5 nitrogen and oxygen atoms in total. The van der Waals surface area contributed by atoms with E-state index in [-0.39, 0.29) is 6.03 Å². The molecule has 18 heavy (non-hydrogen) atoms. The number of likely N-dealkylation sites (tertiary alicyclic amines) is 1. The molecule has 3 N–H and O–H groups in total. The number of nitrogens with one attached hydrogen (secondary N) is 3. The summed E-state index contributed by atoms with van der Waals surface area (Å²) in [5.74, 6) is 1.22. The molecule has 0 saturated carbocycles. The van der Waals surface area contributed by atoms with Crippen molar-refractivity contribution < 1.29 is 4.79 Å². The van der Waals surface area contributed by atoms with E-state index in [0.29, 0.717) is 11.8 Å². The minimum absolute atomic E-state index is 0.00451. The van der Waals surface area contributed by atoms with Crippen molar-refractivity contribution >= 4 is 6.03 Å². The van der Waals surface area contributed by atoms with Crippen LogP contribution in [0.2, 0.25) is 0 Å². The fourth-order valence-corrected chi connectivity index (χ4v) is 2.87. The topological polar surface area (TPSA) is 56.4 Å². The molecule has 0 spiro atoms. The summed E-state index contributed by atoms with van der Waals surface area (Å²) in [6.07, 6.45) is 3.66. The highest BCUT2D eigenvalue weighted by Gasteiger charge is 2.18. The van der Waals surface area contributed by atoms with E-state index in [0.717, 1.165) is 32.7 Å². The van der Waals surface area contributed by atoms with Crippen LogP contribution >= 0.6 is 0 Å². The molecule has 2 heterocycles. The Balaban J connectivity index is 1.56. The van der Waals surface area contributed by atoms with Crippen molar-refractivity contribution in [1.82, 2.24) is 20.9 Å². The third-order valence-corrected chi connectivity index (χ3v) is 3.99. The van der Waals surface area contributed by atoms with Crippen LogP contribution in [0, 0.1) is 11.8 Å². The first-order valence-electron chi connectivity index (χ1n) is 7.15. The summed E-state index contributed by atoms with van der Waals surface area (Å²) in [6, 6.07) is -0.00451. The van der Waals surface area contributed by atoms with Crippen LogP contribution < -0.4 is 16.0 Å². The molecule has 5 heteroatoms. The van der Waals surface area contributed by atoms with Gasteiger partial charge in [0.15, 0.2) is 0 Å². The predicted molar refractivity (Wildman–Crippen MR) is 72.6 cm³/mol. The molecule has 2 fully saturated rings. The van der Waals surface area contributed by atoms with Crippen LogP contribution in [0.3, 0.4) is 0 Å². The van der Waals surface area contributed by atoms with E-state index >= 15 is 0 Å². The molecule has 2 aliphatic rings. The summed E-state index contributed by atoms with van der Waals surface area (Å²) in [5, 5.41) is 9.28. The number of piperidine rings is 1. The highest BCUT2D eigenvalue weighted by molar-refractivity contribution is 5.73. The van der Waals surface area contributed by atoms with E-state index in [4.69, 9.17) is 0 Å². The molecule has 2 rings (SSSR count). The number of carbonyl (C=O) groups excluding carboxylic acids is 1. The van der Waals surface area contributed by atoms with Gasteiger partial charge in [0, 0.05) is 19.6 Å². The number of hydrogen-bond donors (Lipinski definition) is 3. The maximum absolute atomic E-state index is 11.7. The average molecular weight is 254 g/mol. The summed E-state index contributed by atoms with van der Waals surface area (Å²) >= 11 is 0. The molecular formula is C13H26N4O. The number of urea groups is 1. The molecule has 104 valence electrons. The van der Waals surface area contributed by atoms with E-state index < -0.39 is 0 Å². The van der Waals surface area contributed by atoms with Gasteiger partial charge in [-0.15, -0.1) is 0 Å². The van der Waals surface area contributed by atoms with Crippen LogP contribution in [0.15, 0.2) is 0 Å². The lowest BCUT2D eigenvalue weighted by atomic mass is 9.99. The zero-order valence-electron chi connectivity index (χ0n) is 11.4. The minimum atomic E-state index is -0.00451. The van der Waals surface area contributed by atoms with Gasteiger partial charge in [-0.3, -0.25) is 0 Å². The Kier molecular flexibility index (Phi) is 5.26. The third kappa shape index (κ3) is 4.46. The van der Waals surface area contributed by atoms with Crippen molar-refractivity contribution in [1.29, 1.82) is 0 Å². The summed E-state index contributed by atoms with van der Waals surface area (Å²) in [5.41, 5.74) is 0. The van der Waals surface area contributed by atoms with Gasteiger partial charge in [0.1, 0.15) is 0 Å². The Morgan fingerprint density at radius 2 is 2.06 bits per heavy atom. The van der Waals surface area contributed by atoms with Crippen molar-refractivity contribution in [3.05, 3.63) is 0 Å². The van der Waals surface area contributed by atoms with Crippen LogP contribution in [0.1, 0.15) is 19.3 Å². The number of nitrogens with zero attached hydrogens (tertiary/aromatic N) is 1. The van der Waals surface area contributed by atoms with Gasteiger partial charge in [0.25, 0.3) is 0 Å². The number of amides is 2. The van der Waals surface area contributed by atoms with Gasteiger partial charge in [-0.05, 0) is 57.8 Å². The van der Waals surface area contributed by atoms with Gasteiger partial charge in [-0.2, -0.15) is 0 Å².